The van der Waals surface area contributed by atoms with Gasteiger partial charge in [-0.15, -0.1) is 0 Å². The van der Waals surface area contributed by atoms with Gasteiger partial charge in [-0.05, 0) is 36.2 Å². The summed E-state index contributed by atoms with van der Waals surface area (Å²) < 4.78 is 0. The fourth-order valence-electron chi connectivity index (χ4n) is 1.71. The third-order valence-electron chi connectivity index (χ3n) is 2.94. The highest BCUT2D eigenvalue weighted by Crippen LogP contribution is 2.51. The molecule has 0 saturated heterocycles. The van der Waals surface area contributed by atoms with Crippen LogP contribution in [0.2, 0.25) is 0 Å². The predicted molar refractivity (Wildman–Crippen MR) is 66.5 cm³/mol. The highest BCUT2D eigenvalue weighted by Gasteiger charge is 2.42. The van der Waals surface area contributed by atoms with E-state index >= 15 is 0 Å². The number of hydrogen-bond donors (Lipinski definition) is 2. The molecule has 1 saturated carbocycles. The molecule has 1 aliphatic rings. The lowest BCUT2D eigenvalue weighted by molar-refractivity contribution is 0.315. The second kappa shape index (κ2) is 6.26. The van der Waals surface area contributed by atoms with E-state index in [-0.39, 0.29) is 0 Å². The van der Waals surface area contributed by atoms with Crippen LogP contribution in [0, 0.1) is 5.41 Å². The van der Waals surface area contributed by atoms with Gasteiger partial charge in [0.1, 0.15) is 5.84 Å². The molecule has 0 atom stereocenters. The van der Waals surface area contributed by atoms with Crippen LogP contribution in [0.25, 0.3) is 0 Å². The Kier molecular flexibility index (Phi) is 5.29. The number of rotatable bonds is 8. The number of nitrogens with zero attached hydrogens (tertiary/aromatic N) is 1. The van der Waals surface area contributed by atoms with Crippen LogP contribution in [0.3, 0.4) is 0 Å². The van der Waals surface area contributed by atoms with E-state index in [1.54, 1.807) is 0 Å². The first kappa shape index (κ1) is 12.7. The van der Waals surface area contributed by atoms with Crippen LogP contribution in [-0.2, 0) is 0 Å². The van der Waals surface area contributed by atoms with Gasteiger partial charge in [0.25, 0.3) is 0 Å². The summed E-state index contributed by atoms with van der Waals surface area (Å²) >= 11 is 2.02. The van der Waals surface area contributed by atoms with E-state index in [4.69, 9.17) is 10.9 Å². The summed E-state index contributed by atoms with van der Waals surface area (Å²) in [6, 6.07) is 0. The second-order valence-electron chi connectivity index (χ2n) is 4.53. The van der Waals surface area contributed by atoms with Crippen molar-refractivity contribution in [3.63, 3.8) is 0 Å². The van der Waals surface area contributed by atoms with Crippen molar-refractivity contribution in [2.24, 2.45) is 16.3 Å². The Morgan fingerprint density at radius 2 is 2.20 bits per heavy atom. The molecule has 0 aliphatic heterocycles. The number of oxime groups is 1. The molecule has 0 aromatic rings. The molecule has 1 fully saturated rings. The largest absolute Gasteiger partial charge is 0.409 e. The Bertz CT molecular complexity index is 215. The average molecular weight is 230 g/mol. The van der Waals surface area contributed by atoms with Gasteiger partial charge in [-0.3, -0.25) is 0 Å². The smallest absolute Gasteiger partial charge is 0.139 e. The minimum absolute atomic E-state index is 0.368. The minimum atomic E-state index is 0.368. The molecule has 15 heavy (non-hydrogen) atoms. The molecule has 0 unspecified atom stereocenters. The highest BCUT2D eigenvalue weighted by atomic mass is 32.2. The van der Waals surface area contributed by atoms with Crippen molar-refractivity contribution in [3.8, 4) is 0 Å². The Labute approximate surface area is 96.5 Å². The molecule has 88 valence electrons. The summed E-state index contributed by atoms with van der Waals surface area (Å²) in [5, 5.41) is 11.6. The van der Waals surface area contributed by atoms with Crippen LogP contribution in [-0.4, -0.2) is 22.5 Å². The van der Waals surface area contributed by atoms with Crippen molar-refractivity contribution in [1.29, 1.82) is 0 Å². The predicted octanol–water partition coefficient (Wildman–Crippen LogP) is 2.83. The molecule has 4 heteroatoms. The van der Waals surface area contributed by atoms with Crippen molar-refractivity contribution in [1.82, 2.24) is 0 Å². The maximum Gasteiger partial charge on any atom is 0.139 e. The molecule has 3 N–H and O–H groups in total. The average Bonchev–Trinajstić information content (AvgIpc) is 2.98. The molecule has 3 nitrogen and oxygen atoms in total. The van der Waals surface area contributed by atoms with Crippen LogP contribution < -0.4 is 5.73 Å². The first-order chi connectivity index (χ1) is 7.22. The third-order valence-corrected chi connectivity index (χ3v) is 4.34. The molecule has 0 aromatic carbocycles. The lowest BCUT2D eigenvalue weighted by Crippen LogP contribution is -2.19. The summed E-state index contributed by atoms with van der Waals surface area (Å²) in [6.07, 6.45) is 7.19. The topological polar surface area (TPSA) is 58.6 Å². The van der Waals surface area contributed by atoms with E-state index < -0.39 is 0 Å². The van der Waals surface area contributed by atoms with Gasteiger partial charge in [-0.1, -0.05) is 24.9 Å². The van der Waals surface area contributed by atoms with Crippen LogP contribution >= 0.6 is 11.8 Å². The molecule has 0 aromatic heterocycles. The molecule has 0 radical (unpaired) electrons. The van der Waals surface area contributed by atoms with Gasteiger partial charge in [0, 0.05) is 6.42 Å². The first-order valence-corrected chi connectivity index (χ1v) is 6.92. The molecule has 0 bridgehead atoms. The van der Waals surface area contributed by atoms with Crippen LogP contribution in [0.1, 0.15) is 45.4 Å². The van der Waals surface area contributed by atoms with Gasteiger partial charge in [0.05, 0.1) is 0 Å². The van der Waals surface area contributed by atoms with E-state index in [0.717, 1.165) is 6.42 Å². The Hall–Kier alpha value is -0.380. The molecular formula is C11H22N2OS. The summed E-state index contributed by atoms with van der Waals surface area (Å²) in [6.45, 7) is 2.23. The van der Waals surface area contributed by atoms with Crippen LogP contribution in [0.4, 0.5) is 0 Å². The first-order valence-electron chi connectivity index (χ1n) is 5.76. The number of unbranched alkanes of at least 4 members (excludes halogenated alkanes) is 2. The van der Waals surface area contributed by atoms with E-state index in [2.05, 4.69) is 12.1 Å². The van der Waals surface area contributed by atoms with Gasteiger partial charge >= 0.3 is 0 Å². The Balaban J connectivity index is 2.09. The van der Waals surface area contributed by atoms with Gasteiger partial charge in [0.15, 0.2) is 0 Å². The number of hydrogen-bond acceptors (Lipinski definition) is 3. The monoisotopic (exact) mass is 230 g/mol. The Morgan fingerprint density at radius 3 is 2.73 bits per heavy atom. The van der Waals surface area contributed by atoms with E-state index in [1.165, 1.54) is 43.6 Å². The maximum atomic E-state index is 8.52. The zero-order valence-corrected chi connectivity index (χ0v) is 10.4. The summed E-state index contributed by atoms with van der Waals surface area (Å²) in [5.41, 5.74) is 5.91. The summed E-state index contributed by atoms with van der Waals surface area (Å²) in [5.74, 6) is 2.82. The maximum absolute atomic E-state index is 8.52. The number of nitrogens with two attached hydrogens (primary N) is 1. The van der Waals surface area contributed by atoms with Crippen molar-refractivity contribution >= 4 is 17.6 Å². The van der Waals surface area contributed by atoms with Crippen LogP contribution in [0.5, 0.6) is 0 Å². The zero-order chi connectivity index (χ0) is 11.1. The SMILES string of the molecule is CCCCCSCC1(CC(N)=NO)CC1. The molecule has 1 aliphatic carbocycles. The van der Waals surface area contributed by atoms with Crippen molar-refractivity contribution < 1.29 is 5.21 Å². The fraction of sp³-hybridized carbons (Fsp3) is 0.909. The second-order valence-corrected chi connectivity index (χ2v) is 5.63. The summed E-state index contributed by atoms with van der Waals surface area (Å²) in [4.78, 5) is 0. The Morgan fingerprint density at radius 1 is 1.47 bits per heavy atom. The van der Waals surface area contributed by atoms with Crippen molar-refractivity contribution in [3.05, 3.63) is 0 Å². The van der Waals surface area contributed by atoms with Gasteiger partial charge in [-0.2, -0.15) is 11.8 Å². The third kappa shape index (κ3) is 4.78. The molecule has 0 amide bonds. The molecule has 1 rings (SSSR count). The summed E-state index contributed by atoms with van der Waals surface area (Å²) in [7, 11) is 0. The van der Waals surface area contributed by atoms with Crippen LogP contribution in [0.15, 0.2) is 5.16 Å². The van der Waals surface area contributed by atoms with Gasteiger partial charge in [0.2, 0.25) is 0 Å². The van der Waals surface area contributed by atoms with Gasteiger partial charge < -0.3 is 10.9 Å². The molecule has 0 heterocycles. The van der Waals surface area contributed by atoms with E-state index in [9.17, 15) is 0 Å². The molecular weight excluding hydrogens is 208 g/mol. The highest BCUT2D eigenvalue weighted by molar-refractivity contribution is 7.99. The fourth-order valence-corrected chi connectivity index (χ4v) is 3.09. The zero-order valence-electron chi connectivity index (χ0n) is 9.54. The van der Waals surface area contributed by atoms with Crippen molar-refractivity contribution in [2.45, 2.75) is 45.4 Å². The van der Waals surface area contributed by atoms with E-state index in [0.29, 0.717) is 11.3 Å². The minimum Gasteiger partial charge on any atom is -0.409 e. The quantitative estimate of drug-likeness (QED) is 0.222. The van der Waals surface area contributed by atoms with E-state index in [1.807, 2.05) is 11.8 Å². The normalized spacial score (nSPS) is 19.1. The van der Waals surface area contributed by atoms with Gasteiger partial charge in [-0.25, -0.2) is 0 Å². The van der Waals surface area contributed by atoms with Crippen molar-refractivity contribution in [2.75, 3.05) is 11.5 Å². The molecule has 0 spiro atoms. The standard InChI is InChI=1S/C11H22N2OS/c1-2-3-4-7-15-9-11(5-6-11)8-10(12)13-14/h14H,2-9H2,1H3,(H2,12,13). The lowest BCUT2D eigenvalue weighted by atomic mass is 10.1. The number of thioether (sulfide) groups is 1. The lowest BCUT2D eigenvalue weighted by Gasteiger charge is -2.13. The number of amidine groups is 1.